The molecule has 44 heavy (non-hydrogen) atoms. The molecule has 2 aromatic carbocycles. The number of anilines is 1. The second-order valence-electron chi connectivity index (χ2n) is 13.1. The van der Waals surface area contributed by atoms with Crippen LogP contribution in [-0.2, 0) is 10.8 Å². The Balaban J connectivity index is 1.50. The normalized spacial score (nSPS) is 20.7. The Bertz CT molecular complexity index is 1640. The third-order valence-electron chi connectivity index (χ3n) is 9.39. The third-order valence-corrected chi connectivity index (χ3v) is 9.87. The Kier molecular flexibility index (Phi) is 9.06. The molecule has 5 rings (SSSR count). The molecule has 1 aliphatic carbocycles. The highest BCUT2D eigenvalue weighted by atomic mass is 35.5. The maximum atomic E-state index is 15.1. The van der Waals surface area contributed by atoms with Gasteiger partial charge in [0.25, 0.3) is 0 Å². The van der Waals surface area contributed by atoms with Crippen molar-refractivity contribution in [3.05, 3.63) is 105 Å². The van der Waals surface area contributed by atoms with E-state index in [-0.39, 0.29) is 0 Å². The summed E-state index contributed by atoms with van der Waals surface area (Å²) >= 11 is 6.94. The monoisotopic (exact) mass is 625 g/mol. The summed E-state index contributed by atoms with van der Waals surface area (Å²) < 4.78 is 60.7. The summed E-state index contributed by atoms with van der Waals surface area (Å²) in [5.74, 6) is -2.24. The number of fused-ring (bicyclic) bond motifs is 2. The smallest absolute Gasteiger partial charge is 0.246 e. The van der Waals surface area contributed by atoms with Crippen molar-refractivity contribution in [3.63, 3.8) is 0 Å². The molecule has 0 saturated carbocycles. The van der Waals surface area contributed by atoms with E-state index in [1.54, 1.807) is 0 Å². The SMILES string of the molecule is CCCCN1/C(=C/C=C2\CCC(/C=C/C3=[N+](CCCC)c4c(F)cc(F)cc4C3(C)C)=C2Cl)C(C)(C)c2cc(F)cc(F)c21. The molecule has 0 saturated heterocycles. The van der Waals surface area contributed by atoms with E-state index in [0.717, 1.165) is 73.2 Å². The lowest BCUT2D eigenvalue weighted by Gasteiger charge is -2.27. The Morgan fingerprint density at radius 3 is 2.16 bits per heavy atom. The van der Waals surface area contributed by atoms with Crippen LogP contribution in [0.4, 0.5) is 28.9 Å². The van der Waals surface area contributed by atoms with Crippen molar-refractivity contribution >= 4 is 28.7 Å². The van der Waals surface area contributed by atoms with Crippen molar-refractivity contribution in [2.24, 2.45) is 0 Å². The van der Waals surface area contributed by atoms with E-state index < -0.39 is 34.1 Å². The summed E-state index contributed by atoms with van der Waals surface area (Å²) in [6, 6.07) is 4.81. The molecule has 0 atom stereocenters. The topological polar surface area (TPSA) is 6.25 Å². The van der Waals surface area contributed by atoms with E-state index in [1.807, 2.05) is 61.5 Å². The molecule has 234 valence electrons. The van der Waals surface area contributed by atoms with Crippen LogP contribution in [0, 0.1) is 23.3 Å². The second-order valence-corrected chi connectivity index (χ2v) is 13.5. The minimum Gasteiger partial charge on any atom is -0.342 e. The molecular formula is C37H42ClF4N2+. The minimum atomic E-state index is -0.586. The highest BCUT2D eigenvalue weighted by molar-refractivity contribution is 6.33. The fourth-order valence-corrected chi connectivity index (χ4v) is 7.20. The Labute approximate surface area is 264 Å². The average Bonchev–Trinajstić information content (AvgIpc) is 3.48. The zero-order valence-corrected chi connectivity index (χ0v) is 27.3. The summed E-state index contributed by atoms with van der Waals surface area (Å²) in [6.45, 7) is 13.5. The molecule has 0 bridgehead atoms. The first-order chi connectivity index (χ1) is 20.8. The molecule has 0 spiro atoms. The molecular weight excluding hydrogens is 584 g/mol. The quantitative estimate of drug-likeness (QED) is 0.198. The van der Waals surface area contributed by atoms with Gasteiger partial charge in [-0.15, -0.1) is 0 Å². The van der Waals surface area contributed by atoms with Gasteiger partial charge in [-0.05, 0) is 68.0 Å². The van der Waals surface area contributed by atoms with E-state index in [9.17, 15) is 8.78 Å². The molecule has 0 fully saturated rings. The van der Waals surface area contributed by atoms with Crippen molar-refractivity contribution in [2.45, 2.75) is 90.9 Å². The Morgan fingerprint density at radius 2 is 1.48 bits per heavy atom. The number of allylic oxidation sites excluding steroid dienone is 8. The molecule has 0 radical (unpaired) electrons. The number of nitrogens with zero attached hydrogens (tertiary/aromatic N) is 2. The first-order valence-electron chi connectivity index (χ1n) is 15.7. The lowest BCUT2D eigenvalue weighted by atomic mass is 9.81. The van der Waals surface area contributed by atoms with Crippen molar-refractivity contribution < 1.29 is 22.1 Å². The van der Waals surface area contributed by atoms with Gasteiger partial charge in [-0.1, -0.05) is 64.3 Å². The van der Waals surface area contributed by atoms with Crippen LogP contribution in [0.2, 0.25) is 0 Å². The van der Waals surface area contributed by atoms with Crippen LogP contribution in [-0.4, -0.2) is 23.4 Å². The van der Waals surface area contributed by atoms with E-state index in [4.69, 9.17) is 11.6 Å². The van der Waals surface area contributed by atoms with Gasteiger partial charge in [0.1, 0.15) is 24.0 Å². The van der Waals surface area contributed by atoms with Gasteiger partial charge in [-0.25, -0.2) is 13.2 Å². The average molecular weight is 626 g/mol. The molecule has 3 aliphatic rings. The molecule has 7 heteroatoms. The van der Waals surface area contributed by atoms with Gasteiger partial charge in [0, 0.05) is 52.9 Å². The van der Waals surface area contributed by atoms with Crippen LogP contribution in [0.3, 0.4) is 0 Å². The summed E-state index contributed by atoms with van der Waals surface area (Å²) in [5, 5.41) is 0.662. The number of unbranched alkanes of at least 4 members (excludes halogenated alkanes) is 2. The molecule has 0 unspecified atom stereocenters. The van der Waals surface area contributed by atoms with E-state index >= 15 is 8.78 Å². The first-order valence-corrected chi connectivity index (χ1v) is 16.1. The zero-order chi connectivity index (χ0) is 32.0. The summed E-state index contributed by atoms with van der Waals surface area (Å²) in [6.07, 6.45) is 13.2. The highest BCUT2D eigenvalue weighted by Gasteiger charge is 2.46. The van der Waals surface area contributed by atoms with Crippen molar-refractivity contribution in [1.29, 1.82) is 0 Å². The fraction of sp³-hybridized carbons (Fsp3) is 0.432. The van der Waals surface area contributed by atoms with E-state index in [0.29, 0.717) is 40.6 Å². The summed E-state index contributed by atoms with van der Waals surface area (Å²) in [7, 11) is 0. The predicted molar refractivity (Wildman–Crippen MR) is 173 cm³/mol. The highest BCUT2D eigenvalue weighted by Crippen LogP contribution is 2.50. The van der Waals surface area contributed by atoms with Gasteiger partial charge in [-0.3, -0.25) is 0 Å². The minimum absolute atomic E-state index is 0.451. The van der Waals surface area contributed by atoms with E-state index in [2.05, 4.69) is 13.8 Å². The number of hydrogen-bond donors (Lipinski definition) is 0. The first kappa shape index (κ1) is 32.3. The molecule has 0 aromatic heterocycles. The second kappa shape index (κ2) is 12.3. The maximum Gasteiger partial charge on any atom is 0.246 e. The van der Waals surface area contributed by atoms with Crippen LogP contribution in [0.1, 0.15) is 91.2 Å². The number of benzene rings is 2. The van der Waals surface area contributed by atoms with Crippen molar-refractivity contribution in [1.82, 2.24) is 0 Å². The van der Waals surface area contributed by atoms with Gasteiger partial charge in [0.05, 0.1) is 11.1 Å². The van der Waals surface area contributed by atoms with Crippen LogP contribution >= 0.6 is 11.6 Å². The number of hydrogen-bond acceptors (Lipinski definition) is 1. The largest absolute Gasteiger partial charge is 0.342 e. The van der Waals surface area contributed by atoms with Crippen molar-refractivity contribution in [2.75, 3.05) is 18.0 Å². The van der Waals surface area contributed by atoms with Gasteiger partial charge < -0.3 is 4.90 Å². The zero-order valence-electron chi connectivity index (χ0n) is 26.6. The number of rotatable bonds is 9. The lowest BCUT2D eigenvalue weighted by Crippen LogP contribution is -2.28. The van der Waals surface area contributed by atoms with Crippen LogP contribution in [0.25, 0.3) is 0 Å². The van der Waals surface area contributed by atoms with Gasteiger partial charge in [-0.2, -0.15) is 8.97 Å². The molecule has 2 nitrogen and oxygen atoms in total. The molecule has 2 heterocycles. The predicted octanol–water partition coefficient (Wildman–Crippen LogP) is 10.7. The standard InChI is InChI=1S/C37H42ClF4N2/c1-7-9-17-43-31(36(3,4)27-19-25(39)21-29(41)34(27)43)15-13-23-11-12-24(33(23)38)14-16-32-37(5,6)28-20-26(40)22-30(42)35(28)44(32)18-10-8-2/h13-16,19-22H,7-12,17-18H2,1-6H3/q+1. The van der Waals surface area contributed by atoms with Crippen LogP contribution < -0.4 is 4.90 Å². The Morgan fingerprint density at radius 1 is 0.818 bits per heavy atom. The van der Waals surface area contributed by atoms with E-state index in [1.165, 1.54) is 12.1 Å². The molecule has 0 amide bonds. The van der Waals surface area contributed by atoms with Crippen molar-refractivity contribution in [3.8, 4) is 0 Å². The number of halogens is 5. The van der Waals surface area contributed by atoms with Crippen LogP contribution in [0.15, 0.2) is 70.4 Å². The molecule has 2 aromatic rings. The van der Waals surface area contributed by atoms with Gasteiger partial charge in [0.15, 0.2) is 11.5 Å². The molecule has 0 N–H and O–H groups in total. The summed E-state index contributed by atoms with van der Waals surface area (Å²) in [4.78, 5) is 1.99. The van der Waals surface area contributed by atoms with Crippen LogP contribution in [0.5, 0.6) is 0 Å². The lowest BCUT2D eigenvalue weighted by molar-refractivity contribution is -0.440. The Hall–Kier alpha value is -3.12. The summed E-state index contributed by atoms with van der Waals surface area (Å²) in [5.41, 5.74) is 4.79. The maximum absolute atomic E-state index is 15.1. The van der Waals surface area contributed by atoms with Gasteiger partial charge in [0.2, 0.25) is 5.69 Å². The fourth-order valence-electron chi connectivity index (χ4n) is 6.89. The molecule has 2 aliphatic heterocycles. The third kappa shape index (κ3) is 5.59. The van der Waals surface area contributed by atoms with Gasteiger partial charge >= 0.3 is 0 Å².